The van der Waals surface area contributed by atoms with E-state index in [9.17, 15) is 18.7 Å². The number of aliphatic hydroxyl groups is 1. The first-order valence-corrected chi connectivity index (χ1v) is 7.08. The number of pyridine rings is 1. The van der Waals surface area contributed by atoms with Gasteiger partial charge in [0.25, 0.3) is 5.91 Å². The van der Waals surface area contributed by atoms with Gasteiger partial charge >= 0.3 is 0 Å². The summed E-state index contributed by atoms with van der Waals surface area (Å²) in [4.78, 5) is 15.7. The van der Waals surface area contributed by atoms with E-state index in [1.165, 1.54) is 33.0 Å². The van der Waals surface area contributed by atoms with Gasteiger partial charge in [0.15, 0.2) is 0 Å². The van der Waals surface area contributed by atoms with Crippen LogP contribution in [-0.2, 0) is 6.42 Å². The molecule has 1 aromatic heterocycles. The Labute approximate surface area is 128 Å². The average molecular weight is 315 g/mol. The summed E-state index contributed by atoms with van der Waals surface area (Å²) in [5, 5.41) is 12.5. The Morgan fingerprint density at radius 2 is 2.05 bits per heavy atom. The maximum Gasteiger partial charge on any atom is 0.252 e. The van der Waals surface area contributed by atoms with Gasteiger partial charge in [-0.2, -0.15) is 0 Å². The van der Waals surface area contributed by atoms with Crippen molar-refractivity contribution in [3.63, 3.8) is 0 Å². The Morgan fingerprint density at radius 1 is 1.45 bits per heavy atom. The number of aromatic nitrogens is 1. The molecule has 124 valence electrons. The highest BCUT2D eigenvalue weighted by Gasteiger charge is 2.29. The SMILES string of the molecule is CC(F)[C@@H](C)Nc1ccnc(C[C@@H](F)C(C)(C)O)c1C(N)=O. The third-order valence-electron chi connectivity index (χ3n) is 3.49. The molecule has 0 aliphatic heterocycles. The second kappa shape index (κ2) is 7.00. The van der Waals surface area contributed by atoms with E-state index in [1.807, 2.05) is 0 Å². The summed E-state index contributed by atoms with van der Waals surface area (Å²) >= 11 is 0. The van der Waals surface area contributed by atoms with Crippen molar-refractivity contribution < 1.29 is 18.7 Å². The molecule has 22 heavy (non-hydrogen) atoms. The Bertz CT molecular complexity index is 530. The van der Waals surface area contributed by atoms with E-state index in [4.69, 9.17) is 5.73 Å². The molecule has 1 heterocycles. The number of alkyl halides is 2. The molecular weight excluding hydrogens is 292 g/mol. The first-order chi connectivity index (χ1) is 10.0. The smallest absolute Gasteiger partial charge is 0.252 e. The number of hydrogen-bond acceptors (Lipinski definition) is 4. The van der Waals surface area contributed by atoms with Crippen LogP contribution in [0.1, 0.15) is 43.7 Å². The maximum absolute atomic E-state index is 14.0. The van der Waals surface area contributed by atoms with Crippen molar-refractivity contribution in [3.8, 4) is 0 Å². The minimum absolute atomic E-state index is 0.0156. The van der Waals surface area contributed by atoms with Crippen molar-refractivity contribution in [2.45, 2.75) is 58.1 Å². The first kappa shape index (κ1) is 18.3. The molecule has 1 unspecified atom stereocenters. The lowest BCUT2D eigenvalue weighted by molar-refractivity contribution is -0.00307. The number of carbonyl (C=O) groups excluding carboxylic acids is 1. The Morgan fingerprint density at radius 3 is 2.50 bits per heavy atom. The molecular formula is C15H23F2N3O2. The number of nitrogens with two attached hydrogens (primary N) is 1. The molecule has 1 amide bonds. The van der Waals surface area contributed by atoms with Gasteiger partial charge in [0.1, 0.15) is 12.3 Å². The van der Waals surface area contributed by atoms with Crippen LogP contribution >= 0.6 is 0 Å². The van der Waals surface area contributed by atoms with E-state index in [2.05, 4.69) is 10.3 Å². The van der Waals surface area contributed by atoms with E-state index in [1.54, 1.807) is 6.92 Å². The summed E-state index contributed by atoms with van der Waals surface area (Å²) in [6, 6.07) is 0.934. The number of anilines is 1. The Hall–Kier alpha value is -1.76. The van der Waals surface area contributed by atoms with Gasteiger partial charge in [-0.25, -0.2) is 8.78 Å². The van der Waals surface area contributed by atoms with Gasteiger partial charge in [0, 0.05) is 12.6 Å². The van der Waals surface area contributed by atoms with Crippen LogP contribution in [0.5, 0.6) is 0 Å². The van der Waals surface area contributed by atoms with Crippen molar-refractivity contribution in [2.24, 2.45) is 5.73 Å². The molecule has 0 aliphatic carbocycles. The molecule has 7 heteroatoms. The number of nitrogens with zero attached hydrogens (tertiary/aromatic N) is 1. The van der Waals surface area contributed by atoms with Crippen molar-refractivity contribution in [1.82, 2.24) is 4.98 Å². The zero-order valence-corrected chi connectivity index (χ0v) is 13.2. The molecule has 3 atom stereocenters. The number of nitrogens with one attached hydrogen (secondary N) is 1. The largest absolute Gasteiger partial charge is 0.387 e. The van der Waals surface area contributed by atoms with Crippen molar-refractivity contribution in [3.05, 3.63) is 23.5 Å². The van der Waals surface area contributed by atoms with Crippen molar-refractivity contribution in [1.29, 1.82) is 0 Å². The Balaban J connectivity index is 3.16. The Kier molecular flexibility index (Phi) is 5.82. The lowest BCUT2D eigenvalue weighted by Gasteiger charge is -2.24. The average Bonchev–Trinajstić information content (AvgIpc) is 2.37. The van der Waals surface area contributed by atoms with E-state index < -0.39 is 29.9 Å². The van der Waals surface area contributed by atoms with Crippen LogP contribution in [0, 0.1) is 0 Å². The number of rotatable bonds is 7. The lowest BCUT2D eigenvalue weighted by Crippen LogP contribution is -2.35. The molecule has 4 N–H and O–H groups in total. The van der Waals surface area contributed by atoms with Crippen LogP contribution in [0.15, 0.2) is 12.3 Å². The fourth-order valence-corrected chi connectivity index (χ4v) is 1.83. The standard InChI is InChI=1S/C15H23F2N3O2/c1-8(16)9(2)20-10-5-6-19-11(13(10)14(18)21)7-12(17)15(3,4)22/h5-6,8-9,12,22H,7H2,1-4H3,(H2,18,21)(H,19,20)/t8?,9-,12-/m1/s1. The molecule has 1 aromatic rings. The van der Waals surface area contributed by atoms with Gasteiger partial charge in [-0.3, -0.25) is 9.78 Å². The molecule has 1 rings (SSSR count). The second-order valence-corrected chi connectivity index (χ2v) is 5.98. The minimum atomic E-state index is -1.62. The summed E-state index contributed by atoms with van der Waals surface area (Å²) in [5.41, 5.74) is 4.23. The third kappa shape index (κ3) is 4.62. The topological polar surface area (TPSA) is 88.2 Å². The van der Waals surface area contributed by atoms with Gasteiger partial charge in [-0.1, -0.05) is 0 Å². The zero-order valence-electron chi connectivity index (χ0n) is 13.2. The van der Waals surface area contributed by atoms with Gasteiger partial charge in [-0.15, -0.1) is 0 Å². The van der Waals surface area contributed by atoms with Gasteiger partial charge in [0.2, 0.25) is 0 Å². The highest BCUT2D eigenvalue weighted by molar-refractivity contribution is 5.99. The normalized spacial score (nSPS) is 16.0. The van der Waals surface area contributed by atoms with E-state index in [-0.39, 0.29) is 17.7 Å². The molecule has 0 spiro atoms. The maximum atomic E-state index is 14.0. The second-order valence-electron chi connectivity index (χ2n) is 5.98. The fourth-order valence-electron chi connectivity index (χ4n) is 1.83. The molecule has 0 saturated heterocycles. The summed E-state index contributed by atoms with van der Waals surface area (Å²) < 4.78 is 27.3. The molecule has 0 aromatic carbocycles. The van der Waals surface area contributed by atoms with Crippen LogP contribution in [0.2, 0.25) is 0 Å². The molecule has 0 radical (unpaired) electrons. The monoisotopic (exact) mass is 315 g/mol. The van der Waals surface area contributed by atoms with E-state index in [0.717, 1.165) is 0 Å². The number of carbonyl (C=O) groups is 1. The van der Waals surface area contributed by atoms with Gasteiger partial charge in [-0.05, 0) is 33.8 Å². The number of halogens is 2. The summed E-state index contributed by atoms with van der Waals surface area (Å²) in [5.74, 6) is -0.785. The molecule has 5 nitrogen and oxygen atoms in total. The van der Waals surface area contributed by atoms with Gasteiger partial charge < -0.3 is 16.2 Å². The van der Waals surface area contributed by atoms with Crippen molar-refractivity contribution in [2.75, 3.05) is 5.32 Å². The number of amides is 1. The van der Waals surface area contributed by atoms with Gasteiger partial charge in [0.05, 0.1) is 28.6 Å². The van der Waals surface area contributed by atoms with Crippen LogP contribution < -0.4 is 11.1 Å². The first-order valence-electron chi connectivity index (χ1n) is 7.08. The third-order valence-corrected chi connectivity index (χ3v) is 3.49. The van der Waals surface area contributed by atoms with Crippen LogP contribution in [0.4, 0.5) is 14.5 Å². The number of hydrogen-bond donors (Lipinski definition) is 3. The van der Waals surface area contributed by atoms with Crippen molar-refractivity contribution >= 4 is 11.6 Å². The minimum Gasteiger partial charge on any atom is -0.387 e. The zero-order chi connectivity index (χ0) is 17.1. The molecule has 0 bridgehead atoms. The quantitative estimate of drug-likeness (QED) is 0.718. The highest BCUT2D eigenvalue weighted by Crippen LogP contribution is 2.24. The van der Waals surface area contributed by atoms with Crippen LogP contribution in [0.3, 0.4) is 0 Å². The molecule has 0 fully saturated rings. The van der Waals surface area contributed by atoms with E-state index in [0.29, 0.717) is 5.69 Å². The number of primary amides is 1. The lowest BCUT2D eigenvalue weighted by atomic mass is 9.96. The predicted octanol–water partition coefficient (Wildman–Crippen LogP) is 1.99. The van der Waals surface area contributed by atoms with Crippen LogP contribution in [-0.4, -0.2) is 40.0 Å². The summed E-state index contributed by atoms with van der Waals surface area (Å²) in [6.45, 7) is 5.66. The highest BCUT2D eigenvalue weighted by atomic mass is 19.1. The fraction of sp³-hybridized carbons (Fsp3) is 0.600. The van der Waals surface area contributed by atoms with Crippen LogP contribution in [0.25, 0.3) is 0 Å². The molecule has 0 aliphatic rings. The molecule has 0 saturated carbocycles. The summed E-state index contributed by atoms with van der Waals surface area (Å²) in [6.07, 6.45) is -1.65. The summed E-state index contributed by atoms with van der Waals surface area (Å²) in [7, 11) is 0. The predicted molar refractivity (Wildman–Crippen MR) is 81.3 cm³/mol. The van der Waals surface area contributed by atoms with E-state index >= 15 is 0 Å².